The monoisotopic (exact) mass is 344 g/mol. The van der Waals surface area contributed by atoms with Crippen LogP contribution in [0, 0.1) is 17.3 Å². The van der Waals surface area contributed by atoms with Gasteiger partial charge in [-0.25, -0.2) is 0 Å². The zero-order chi connectivity index (χ0) is 16.9. The van der Waals surface area contributed by atoms with Crippen LogP contribution in [0.3, 0.4) is 0 Å². The Morgan fingerprint density at radius 3 is 2.48 bits per heavy atom. The average molecular weight is 345 g/mol. The topological polar surface area (TPSA) is 27.7 Å². The first-order valence-corrected chi connectivity index (χ1v) is 10.7. The largest absolute Gasteiger partial charge is 0.382 e. The summed E-state index contributed by atoms with van der Waals surface area (Å²) in [6, 6.07) is 0. The maximum atomic E-state index is 6.46. The third-order valence-electron chi connectivity index (χ3n) is 6.16. The summed E-state index contributed by atoms with van der Waals surface area (Å²) in [7, 11) is 0. The summed E-state index contributed by atoms with van der Waals surface area (Å²) in [4.78, 5) is 0. The van der Waals surface area contributed by atoms with Gasteiger partial charge in [-0.05, 0) is 68.8 Å². The van der Waals surface area contributed by atoms with Crippen molar-refractivity contribution in [3.8, 4) is 0 Å². The molecule has 0 aliphatic heterocycles. The molecule has 3 aliphatic carbocycles. The van der Waals surface area contributed by atoms with Gasteiger partial charge < -0.3 is 14.2 Å². The number of ether oxygens (including phenoxy) is 3. The SMILES string of the molecule is CCOCCCO[C@@]1(C)C(OCCCSC)CC2CC1C2(C)C. The van der Waals surface area contributed by atoms with Crippen LogP contribution in [-0.4, -0.2) is 50.1 Å². The lowest BCUT2D eigenvalue weighted by Gasteiger charge is -2.66. The predicted octanol–water partition coefficient (Wildman–Crippen LogP) is 4.39. The van der Waals surface area contributed by atoms with E-state index in [1.807, 2.05) is 18.7 Å². The molecule has 3 unspecified atom stereocenters. The van der Waals surface area contributed by atoms with Crippen LogP contribution < -0.4 is 0 Å². The molecule has 0 N–H and O–H groups in total. The third kappa shape index (κ3) is 4.26. The van der Waals surface area contributed by atoms with Crippen molar-refractivity contribution in [3.05, 3.63) is 0 Å². The van der Waals surface area contributed by atoms with E-state index < -0.39 is 0 Å². The van der Waals surface area contributed by atoms with Crippen LogP contribution in [0.1, 0.15) is 53.4 Å². The van der Waals surface area contributed by atoms with Crippen molar-refractivity contribution in [2.24, 2.45) is 17.3 Å². The van der Waals surface area contributed by atoms with Crippen molar-refractivity contribution in [3.63, 3.8) is 0 Å². The predicted molar refractivity (Wildman–Crippen MR) is 98.2 cm³/mol. The quantitative estimate of drug-likeness (QED) is 0.520. The molecule has 0 radical (unpaired) electrons. The minimum atomic E-state index is -0.135. The summed E-state index contributed by atoms with van der Waals surface area (Å²) in [6.07, 6.45) is 6.98. The van der Waals surface area contributed by atoms with E-state index in [-0.39, 0.29) is 11.7 Å². The van der Waals surface area contributed by atoms with Gasteiger partial charge in [0, 0.05) is 26.4 Å². The van der Waals surface area contributed by atoms with E-state index in [1.165, 1.54) is 12.2 Å². The van der Waals surface area contributed by atoms with Crippen molar-refractivity contribution >= 4 is 11.8 Å². The molecule has 0 aromatic heterocycles. The van der Waals surface area contributed by atoms with Crippen molar-refractivity contribution in [2.75, 3.05) is 38.4 Å². The maximum Gasteiger partial charge on any atom is 0.0948 e. The molecular weight excluding hydrogens is 308 g/mol. The molecule has 0 saturated heterocycles. The molecular formula is C19H36O3S. The van der Waals surface area contributed by atoms with Gasteiger partial charge in [0.05, 0.1) is 11.7 Å². The molecule has 3 saturated carbocycles. The molecule has 23 heavy (non-hydrogen) atoms. The minimum Gasteiger partial charge on any atom is -0.382 e. The number of rotatable bonds is 11. The summed E-state index contributed by atoms with van der Waals surface area (Å²) in [6.45, 7) is 12.4. The second kappa shape index (κ2) is 8.55. The van der Waals surface area contributed by atoms with Gasteiger partial charge in [0.15, 0.2) is 0 Å². The molecule has 0 spiro atoms. The Morgan fingerprint density at radius 2 is 1.83 bits per heavy atom. The maximum absolute atomic E-state index is 6.46. The molecule has 4 heteroatoms. The summed E-state index contributed by atoms with van der Waals surface area (Å²) in [5.41, 5.74) is 0.262. The highest BCUT2D eigenvalue weighted by Crippen LogP contribution is 2.64. The summed E-state index contributed by atoms with van der Waals surface area (Å²) < 4.78 is 18.2. The van der Waals surface area contributed by atoms with E-state index >= 15 is 0 Å². The van der Waals surface area contributed by atoms with Crippen LogP contribution in [0.2, 0.25) is 0 Å². The highest BCUT2D eigenvalue weighted by atomic mass is 32.2. The first-order valence-electron chi connectivity index (χ1n) is 9.29. The molecule has 0 heterocycles. The Labute approximate surface area is 147 Å². The lowest BCUT2D eigenvalue weighted by atomic mass is 9.43. The van der Waals surface area contributed by atoms with Gasteiger partial charge in [-0.1, -0.05) is 13.8 Å². The Kier molecular flexibility index (Phi) is 7.27. The highest BCUT2D eigenvalue weighted by Gasteiger charge is 2.64. The molecule has 3 nitrogen and oxygen atoms in total. The Bertz CT molecular complexity index is 361. The van der Waals surface area contributed by atoms with Gasteiger partial charge in [0.1, 0.15) is 0 Å². The Hall–Kier alpha value is 0.230. The van der Waals surface area contributed by atoms with Crippen LogP contribution in [0.25, 0.3) is 0 Å². The van der Waals surface area contributed by atoms with Crippen molar-refractivity contribution < 1.29 is 14.2 Å². The lowest BCUT2D eigenvalue weighted by Crippen LogP contribution is -2.68. The van der Waals surface area contributed by atoms with Gasteiger partial charge in [-0.2, -0.15) is 11.8 Å². The van der Waals surface area contributed by atoms with E-state index in [4.69, 9.17) is 14.2 Å². The minimum absolute atomic E-state index is 0.135. The van der Waals surface area contributed by atoms with Gasteiger partial charge in [-0.15, -0.1) is 0 Å². The molecule has 4 atom stereocenters. The number of hydrogen-bond acceptors (Lipinski definition) is 4. The van der Waals surface area contributed by atoms with Gasteiger partial charge in [0.2, 0.25) is 0 Å². The fraction of sp³-hybridized carbons (Fsp3) is 1.00. The molecule has 0 aromatic rings. The Morgan fingerprint density at radius 1 is 1.04 bits per heavy atom. The summed E-state index contributed by atoms with van der Waals surface area (Å²) in [5, 5.41) is 0. The number of hydrogen-bond donors (Lipinski definition) is 0. The van der Waals surface area contributed by atoms with Crippen LogP contribution in [-0.2, 0) is 14.2 Å². The van der Waals surface area contributed by atoms with E-state index in [0.29, 0.717) is 11.3 Å². The lowest BCUT2D eigenvalue weighted by molar-refractivity contribution is -0.276. The third-order valence-corrected chi connectivity index (χ3v) is 6.86. The fourth-order valence-corrected chi connectivity index (χ4v) is 4.97. The first kappa shape index (κ1) is 19.6. The second-order valence-corrected chi connectivity index (χ2v) is 8.82. The highest BCUT2D eigenvalue weighted by molar-refractivity contribution is 7.98. The van der Waals surface area contributed by atoms with Crippen molar-refractivity contribution in [2.45, 2.75) is 65.1 Å². The van der Waals surface area contributed by atoms with E-state index in [1.54, 1.807) is 0 Å². The fourth-order valence-electron chi connectivity index (χ4n) is 4.56. The van der Waals surface area contributed by atoms with Crippen LogP contribution >= 0.6 is 11.8 Å². The van der Waals surface area contributed by atoms with E-state index in [2.05, 4.69) is 27.0 Å². The first-order chi connectivity index (χ1) is 11.0. The van der Waals surface area contributed by atoms with Gasteiger partial charge >= 0.3 is 0 Å². The Balaban J connectivity index is 1.90. The molecule has 3 aliphatic rings. The molecule has 136 valence electrons. The van der Waals surface area contributed by atoms with Crippen LogP contribution in [0.4, 0.5) is 0 Å². The van der Waals surface area contributed by atoms with E-state index in [9.17, 15) is 0 Å². The smallest absolute Gasteiger partial charge is 0.0948 e. The molecule has 3 rings (SSSR count). The average Bonchev–Trinajstić information content (AvgIpc) is 2.52. The zero-order valence-electron chi connectivity index (χ0n) is 15.7. The van der Waals surface area contributed by atoms with Gasteiger partial charge in [0.25, 0.3) is 0 Å². The summed E-state index contributed by atoms with van der Waals surface area (Å²) in [5.74, 6) is 2.60. The number of fused-ring (bicyclic) bond motifs is 2. The van der Waals surface area contributed by atoms with Crippen molar-refractivity contribution in [1.82, 2.24) is 0 Å². The molecule has 0 amide bonds. The molecule has 2 bridgehead atoms. The number of thioether (sulfide) groups is 1. The molecule has 3 fully saturated rings. The normalized spacial score (nSPS) is 35.1. The zero-order valence-corrected chi connectivity index (χ0v) is 16.5. The second-order valence-electron chi connectivity index (χ2n) is 7.83. The molecule has 0 aromatic carbocycles. The van der Waals surface area contributed by atoms with E-state index in [0.717, 1.165) is 51.6 Å². The van der Waals surface area contributed by atoms with Crippen molar-refractivity contribution in [1.29, 1.82) is 0 Å². The summed E-state index contributed by atoms with van der Waals surface area (Å²) >= 11 is 1.89. The van der Waals surface area contributed by atoms with Crippen LogP contribution in [0.15, 0.2) is 0 Å². The van der Waals surface area contributed by atoms with Gasteiger partial charge in [-0.3, -0.25) is 0 Å². The standard InChI is InChI=1S/C19H36O3S/c1-6-20-9-7-11-22-19(4)16-13-15(18(16,2)3)14-17(19)21-10-8-12-23-5/h15-17H,6-14H2,1-5H3/t15?,16?,17?,19-/m1/s1. The van der Waals surface area contributed by atoms with Crippen LogP contribution in [0.5, 0.6) is 0 Å².